The van der Waals surface area contributed by atoms with Crippen molar-refractivity contribution in [2.24, 2.45) is 0 Å². The van der Waals surface area contributed by atoms with Crippen LogP contribution in [-0.4, -0.2) is 16.8 Å². The predicted octanol–water partition coefficient (Wildman–Crippen LogP) is 2.74. The van der Waals surface area contributed by atoms with Crippen molar-refractivity contribution in [1.82, 2.24) is 0 Å². The van der Waals surface area contributed by atoms with E-state index in [1.54, 1.807) is 0 Å². The normalized spacial score (nSPS) is 13.9. The number of benzene rings is 1. The van der Waals surface area contributed by atoms with E-state index >= 15 is 0 Å². The van der Waals surface area contributed by atoms with E-state index in [0.29, 0.717) is 0 Å². The molecule has 3 heteroatoms. The summed E-state index contributed by atoms with van der Waals surface area (Å²) in [6, 6.07) is 6.38. The van der Waals surface area contributed by atoms with Gasteiger partial charge in [0.2, 0.25) is 0 Å². The van der Waals surface area contributed by atoms with E-state index in [4.69, 9.17) is 5.11 Å². The van der Waals surface area contributed by atoms with Gasteiger partial charge in [-0.2, -0.15) is 0 Å². The SMILES string of the molecule is O=C(O)CCCc1cccc2c1SCC2. The highest BCUT2D eigenvalue weighted by atomic mass is 32.2. The van der Waals surface area contributed by atoms with Crippen LogP contribution in [0.15, 0.2) is 23.1 Å². The number of fused-ring (bicyclic) bond motifs is 1. The molecule has 0 aromatic heterocycles. The van der Waals surface area contributed by atoms with Crippen molar-refractivity contribution < 1.29 is 9.90 Å². The quantitative estimate of drug-likeness (QED) is 0.851. The molecule has 1 aliphatic heterocycles. The molecule has 0 saturated heterocycles. The number of thioether (sulfide) groups is 1. The van der Waals surface area contributed by atoms with Crippen molar-refractivity contribution in [2.45, 2.75) is 30.6 Å². The predicted molar refractivity (Wildman–Crippen MR) is 61.4 cm³/mol. The lowest BCUT2D eigenvalue weighted by Gasteiger charge is -2.06. The number of carboxylic acids is 1. The van der Waals surface area contributed by atoms with Crippen LogP contribution in [0, 0.1) is 0 Å². The Morgan fingerprint density at radius 3 is 3.13 bits per heavy atom. The third kappa shape index (κ3) is 2.53. The number of carbonyl (C=O) groups is 1. The van der Waals surface area contributed by atoms with Crippen LogP contribution in [0.5, 0.6) is 0 Å². The molecule has 80 valence electrons. The average Bonchev–Trinajstić information content (AvgIpc) is 2.65. The highest BCUT2D eigenvalue weighted by molar-refractivity contribution is 7.99. The Morgan fingerprint density at radius 2 is 2.33 bits per heavy atom. The van der Waals surface area contributed by atoms with Crippen LogP contribution in [0.2, 0.25) is 0 Å². The Balaban J connectivity index is 2.02. The Labute approximate surface area is 93.7 Å². The molecule has 2 rings (SSSR count). The summed E-state index contributed by atoms with van der Waals surface area (Å²) in [4.78, 5) is 11.8. The molecule has 15 heavy (non-hydrogen) atoms. The van der Waals surface area contributed by atoms with Crippen LogP contribution in [0.1, 0.15) is 24.0 Å². The number of aryl methyl sites for hydroxylation is 2. The Kier molecular flexibility index (Phi) is 3.31. The maximum atomic E-state index is 10.4. The summed E-state index contributed by atoms with van der Waals surface area (Å²) < 4.78 is 0. The minimum atomic E-state index is -0.699. The summed E-state index contributed by atoms with van der Waals surface area (Å²) in [6.07, 6.45) is 3.07. The monoisotopic (exact) mass is 222 g/mol. The van der Waals surface area contributed by atoms with Gasteiger partial charge in [0, 0.05) is 17.1 Å². The van der Waals surface area contributed by atoms with Gasteiger partial charge in [-0.3, -0.25) is 4.79 Å². The van der Waals surface area contributed by atoms with Gasteiger partial charge in [-0.25, -0.2) is 0 Å². The van der Waals surface area contributed by atoms with Crippen LogP contribution >= 0.6 is 11.8 Å². The highest BCUT2D eigenvalue weighted by Gasteiger charge is 2.14. The summed E-state index contributed by atoms with van der Waals surface area (Å²) in [6.45, 7) is 0. The number of hydrogen-bond acceptors (Lipinski definition) is 2. The molecular formula is C12H14O2S. The van der Waals surface area contributed by atoms with Crippen LogP contribution < -0.4 is 0 Å². The molecule has 0 unspecified atom stereocenters. The lowest BCUT2D eigenvalue weighted by atomic mass is 10.0. The number of aliphatic carboxylic acids is 1. The van der Waals surface area contributed by atoms with Crippen molar-refractivity contribution in [3.05, 3.63) is 29.3 Å². The van der Waals surface area contributed by atoms with E-state index in [1.807, 2.05) is 11.8 Å². The lowest BCUT2D eigenvalue weighted by Crippen LogP contribution is -1.97. The zero-order chi connectivity index (χ0) is 10.7. The van der Waals surface area contributed by atoms with Crippen molar-refractivity contribution in [3.63, 3.8) is 0 Å². The minimum Gasteiger partial charge on any atom is -0.481 e. The van der Waals surface area contributed by atoms with Crippen molar-refractivity contribution in [1.29, 1.82) is 0 Å². The van der Waals surface area contributed by atoms with E-state index in [9.17, 15) is 4.79 Å². The van der Waals surface area contributed by atoms with E-state index < -0.39 is 5.97 Å². The average molecular weight is 222 g/mol. The molecule has 1 aliphatic rings. The summed E-state index contributed by atoms with van der Waals surface area (Å²) in [7, 11) is 0. The van der Waals surface area contributed by atoms with Crippen LogP contribution in [0.4, 0.5) is 0 Å². The molecule has 1 N–H and O–H groups in total. The molecule has 0 atom stereocenters. The van der Waals surface area contributed by atoms with E-state index in [1.165, 1.54) is 21.8 Å². The molecule has 2 nitrogen and oxygen atoms in total. The topological polar surface area (TPSA) is 37.3 Å². The van der Waals surface area contributed by atoms with E-state index in [-0.39, 0.29) is 6.42 Å². The maximum Gasteiger partial charge on any atom is 0.303 e. The van der Waals surface area contributed by atoms with Crippen LogP contribution in [0.3, 0.4) is 0 Å². The maximum absolute atomic E-state index is 10.4. The van der Waals surface area contributed by atoms with Gasteiger partial charge < -0.3 is 5.11 Å². The summed E-state index contributed by atoms with van der Waals surface area (Å²) in [5, 5.41) is 8.58. The molecule has 1 aromatic rings. The van der Waals surface area contributed by atoms with Crippen LogP contribution in [0.25, 0.3) is 0 Å². The Hall–Kier alpha value is -0.960. The molecule has 0 aliphatic carbocycles. The number of carboxylic acid groups (broad SMARTS) is 1. The highest BCUT2D eigenvalue weighted by Crippen LogP contribution is 2.34. The molecule has 0 bridgehead atoms. The zero-order valence-corrected chi connectivity index (χ0v) is 9.35. The Bertz CT molecular complexity index is 374. The van der Waals surface area contributed by atoms with Gasteiger partial charge in [-0.1, -0.05) is 18.2 Å². The number of hydrogen-bond donors (Lipinski definition) is 1. The molecule has 0 amide bonds. The summed E-state index contributed by atoms with van der Waals surface area (Å²) in [5.74, 6) is 0.473. The fourth-order valence-electron chi connectivity index (χ4n) is 1.91. The molecule has 0 fully saturated rings. The van der Waals surface area contributed by atoms with Gasteiger partial charge in [0.15, 0.2) is 0 Å². The summed E-state index contributed by atoms with van der Waals surface area (Å²) >= 11 is 1.91. The number of rotatable bonds is 4. The molecule has 0 radical (unpaired) electrons. The fourth-order valence-corrected chi connectivity index (χ4v) is 3.15. The molecule has 1 heterocycles. The van der Waals surface area contributed by atoms with Crippen molar-refractivity contribution >= 4 is 17.7 Å². The standard InChI is InChI=1S/C12H14O2S/c13-11(14)6-2-5-9-3-1-4-10-7-8-15-12(9)10/h1,3-4H,2,5-8H2,(H,13,14). The van der Waals surface area contributed by atoms with Crippen LogP contribution in [-0.2, 0) is 17.6 Å². The third-order valence-electron chi connectivity index (χ3n) is 2.63. The molecule has 0 spiro atoms. The first kappa shape index (κ1) is 10.6. The zero-order valence-electron chi connectivity index (χ0n) is 8.53. The van der Waals surface area contributed by atoms with Gasteiger partial charge in [-0.05, 0) is 30.4 Å². The van der Waals surface area contributed by atoms with Crippen molar-refractivity contribution in [3.8, 4) is 0 Å². The fraction of sp³-hybridized carbons (Fsp3) is 0.417. The van der Waals surface area contributed by atoms with Gasteiger partial charge in [0.25, 0.3) is 0 Å². The first-order valence-electron chi connectivity index (χ1n) is 5.23. The van der Waals surface area contributed by atoms with Gasteiger partial charge in [0.1, 0.15) is 0 Å². The van der Waals surface area contributed by atoms with Crippen molar-refractivity contribution in [2.75, 3.05) is 5.75 Å². The van der Waals surface area contributed by atoms with Gasteiger partial charge in [0.05, 0.1) is 0 Å². The van der Waals surface area contributed by atoms with Gasteiger partial charge >= 0.3 is 5.97 Å². The van der Waals surface area contributed by atoms with Gasteiger partial charge in [-0.15, -0.1) is 11.8 Å². The molecule has 0 saturated carbocycles. The molecular weight excluding hydrogens is 208 g/mol. The van der Waals surface area contributed by atoms with E-state index in [2.05, 4.69) is 18.2 Å². The minimum absolute atomic E-state index is 0.272. The molecule has 1 aromatic carbocycles. The first-order chi connectivity index (χ1) is 7.27. The summed E-state index contributed by atoms with van der Waals surface area (Å²) in [5.41, 5.74) is 2.77. The largest absolute Gasteiger partial charge is 0.481 e. The lowest BCUT2D eigenvalue weighted by molar-refractivity contribution is -0.137. The second kappa shape index (κ2) is 4.71. The third-order valence-corrected chi connectivity index (χ3v) is 3.85. The Morgan fingerprint density at radius 1 is 1.47 bits per heavy atom. The second-order valence-electron chi connectivity index (χ2n) is 3.75. The first-order valence-corrected chi connectivity index (χ1v) is 6.21. The van der Waals surface area contributed by atoms with E-state index in [0.717, 1.165) is 19.3 Å². The smallest absolute Gasteiger partial charge is 0.303 e. The second-order valence-corrected chi connectivity index (χ2v) is 4.86.